The van der Waals surface area contributed by atoms with Gasteiger partial charge in [-0.15, -0.1) is 0 Å². The molecule has 0 aliphatic carbocycles. The lowest BCUT2D eigenvalue weighted by Crippen LogP contribution is -2.45. The number of benzene rings is 3. The molecule has 0 saturated heterocycles. The van der Waals surface area contributed by atoms with Crippen molar-refractivity contribution in [1.82, 2.24) is 4.31 Å². The average Bonchev–Trinajstić information content (AvgIpc) is 3.25. The second kappa shape index (κ2) is 10.9. The molecular weight excluding hydrogens is 520 g/mol. The number of nitrogens with two attached hydrogens (primary N) is 1. The van der Waals surface area contributed by atoms with Crippen LogP contribution in [0.3, 0.4) is 0 Å². The third kappa shape index (κ3) is 5.02. The van der Waals surface area contributed by atoms with Gasteiger partial charge in [0.15, 0.2) is 5.78 Å². The van der Waals surface area contributed by atoms with Crippen molar-refractivity contribution in [3.63, 3.8) is 0 Å². The molecule has 0 bridgehead atoms. The standard InChI is InChI=1S/C28H26N4O6S/c1-17(33)31-19-9-12-21(13-10-19)39(35,36)32-26(27(34)18-7-5-4-6-8-18)25(23(16-29)28(32)30)22-15-20(37-2)11-14-24(22)38-3/h4-15,25-26H,30H2,1-3H3,(H,31,33). The van der Waals surface area contributed by atoms with Gasteiger partial charge in [-0.1, -0.05) is 30.3 Å². The predicted molar refractivity (Wildman–Crippen MR) is 143 cm³/mol. The Hall–Kier alpha value is -4.82. The molecule has 4 rings (SSSR count). The van der Waals surface area contributed by atoms with Crippen LogP contribution in [-0.2, 0) is 14.8 Å². The van der Waals surface area contributed by atoms with Gasteiger partial charge in [0.05, 0.1) is 36.7 Å². The third-order valence-electron chi connectivity index (χ3n) is 6.34. The number of ether oxygens (including phenoxy) is 2. The topological polar surface area (TPSA) is 152 Å². The molecule has 2 unspecified atom stereocenters. The third-order valence-corrected chi connectivity index (χ3v) is 8.15. The zero-order valence-electron chi connectivity index (χ0n) is 21.4. The molecule has 39 heavy (non-hydrogen) atoms. The fraction of sp³-hybridized carbons (Fsp3) is 0.179. The minimum Gasteiger partial charge on any atom is -0.497 e. The molecule has 3 aromatic carbocycles. The highest BCUT2D eigenvalue weighted by atomic mass is 32.2. The zero-order chi connectivity index (χ0) is 28.3. The van der Waals surface area contributed by atoms with Gasteiger partial charge >= 0.3 is 0 Å². The first-order chi connectivity index (χ1) is 18.6. The first-order valence-corrected chi connectivity index (χ1v) is 13.2. The summed E-state index contributed by atoms with van der Waals surface area (Å²) in [7, 11) is -1.57. The smallest absolute Gasteiger partial charge is 0.266 e. The molecule has 0 spiro atoms. The van der Waals surface area contributed by atoms with Crippen molar-refractivity contribution in [3.05, 3.63) is 95.3 Å². The monoisotopic (exact) mass is 546 g/mol. The lowest BCUT2D eigenvalue weighted by Gasteiger charge is -2.30. The van der Waals surface area contributed by atoms with Crippen molar-refractivity contribution >= 4 is 27.4 Å². The Bertz CT molecular complexity index is 1600. The number of nitrogens with one attached hydrogen (secondary N) is 1. The van der Waals surface area contributed by atoms with Gasteiger partial charge < -0.3 is 20.5 Å². The van der Waals surface area contributed by atoms with Crippen molar-refractivity contribution < 1.29 is 27.5 Å². The molecule has 1 heterocycles. The number of methoxy groups -OCH3 is 2. The van der Waals surface area contributed by atoms with E-state index in [1.54, 1.807) is 48.5 Å². The predicted octanol–water partition coefficient (Wildman–Crippen LogP) is 3.40. The van der Waals surface area contributed by atoms with Gasteiger partial charge in [0.25, 0.3) is 10.0 Å². The molecule has 2 atom stereocenters. The Morgan fingerprint density at radius 3 is 2.23 bits per heavy atom. The van der Waals surface area contributed by atoms with E-state index in [0.717, 1.165) is 4.31 Å². The fourth-order valence-corrected chi connectivity index (χ4v) is 6.17. The summed E-state index contributed by atoms with van der Waals surface area (Å²) in [6, 6.07) is 19.0. The first-order valence-electron chi connectivity index (χ1n) is 11.8. The van der Waals surface area contributed by atoms with E-state index in [1.165, 1.54) is 45.4 Å². The summed E-state index contributed by atoms with van der Waals surface area (Å²) in [5.41, 5.74) is 7.26. The van der Waals surface area contributed by atoms with Crippen LogP contribution >= 0.6 is 0 Å². The van der Waals surface area contributed by atoms with Gasteiger partial charge in [-0.2, -0.15) is 5.26 Å². The molecular formula is C28H26N4O6S. The summed E-state index contributed by atoms with van der Waals surface area (Å²) in [6.45, 7) is 1.33. The van der Waals surface area contributed by atoms with E-state index in [2.05, 4.69) is 5.32 Å². The van der Waals surface area contributed by atoms with E-state index in [4.69, 9.17) is 15.2 Å². The number of hydrogen-bond donors (Lipinski definition) is 2. The minimum absolute atomic E-state index is 0.103. The highest BCUT2D eigenvalue weighted by Gasteiger charge is 2.51. The van der Waals surface area contributed by atoms with Crippen LogP contribution in [0.5, 0.6) is 11.5 Å². The van der Waals surface area contributed by atoms with Gasteiger partial charge in [0, 0.05) is 23.7 Å². The van der Waals surface area contributed by atoms with Crippen LogP contribution in [-0.4, -0.2) is 44.7 Å². The lowest BCUT2D eigenvalue weighted by molar-refractivity contribution is -0.114. The Morgan fingerprint density at radius 2 is 1.67 bits per heavy atom. The Balaban J connectivity index is 1.94. The maximum atomic E-state index is 14.0. The quantitative estimate of drug-likeness (QED) is 0.408. The van der Waals surface area contributed by atoms with Gasteiger partial charge in [-0.05, 0) is 42.5 Å². The molecule has 3 aromatic rings. The summed E-state index contributed by atoms with van der Waals surface area (Å²) in [5, 5.41) is 12.7. The molecule has 0 aromatic heterocycles. The molecule has 0 radical (unpaired) electrons. The number of carbonyl (C=O) groups excluding carboxylic acids is 2. The summed E-state index contributed by atoms with van der Waals surface area (Å²) < 4.78 is 39.8. The van der Waals surface area contributed by atoms with Crippen LogP contribution in [0.4, 0.5) is 5.69 Å². The van der Waals surface area contributed by atoms with Gasteiger partial charge in [-0.25, -0.2) is 12.7 Å². The number of rotatable bonds is 8. The number of amides is 1. The van der Waals surface area contributed by atoms with E-state index in [0.29, 0.717) is 22.7 Å². The molecule has 0 fully saturated rings. The second-order valence-electron chi connectivity index (χ2n) is 8.68. The maximum absolute atomic E-state index is 14.0. The van der Waals surface area contributed by atoms with Crippen molar-refractivity contribution in [2.45, 2.75) is 23.8 Å². The maximum Gasteiger partial charge on any atom is 0.266 e. The molecule has 11 heteroatoms. The fourth-order valence-electron chi connectivity index (χ4n) is 4.59. The SMILES string of the molecule is COc1ccc(OC)c(C2C(C#N)=C(N)N(S(=O)(=O)c3ccc(NC(C)=O)cc3)C2C(=O)c2ccccc2)c1. The van der Waals surface area contributed by atoms with Crippen LogP contribution in [0.25, 0.3) is 0 Å². The van der Waals surface area contributed by atoms with E-state index in [9.17, 15) is 23.3 Å². The van der Waals surface area contributed by atoms with E-state index in [-0.39, 0.29) is 27.8 Å². The number of carbonyl (C=O) groups is 2. The van der Waals surface area contributed by atoms with Crippen LogP contribution in [0.1, 0.15) is 28.8 Å². The molecule has 0 saturated carbocycles. The van der Waals surface area contributed by atoms with Gasteiger partial charge in [0.1, 0.15) is 23.4 Å². The van der Waals surface area contributed by atoms with Crippen LogP contribution < -0.4 is 20.5 Å². The zero-order valence-corrected chi connectivity index (χ0v) is 22.2. The Kier molecular flexibility index (Phi) is 7.60. The van der Waals surface area contributed by atoms with Crippen LogP contribution in [0.15, 0.2) is 89.1 Å². The second-order valence-corrected chi connectivity index (χ2v) is 10.5. The summed E-state index contributed by atoms with van der Waals surface area (Å²) in [5.74, 6) is -1.60. The molecule has 10 nitrogen and oxygen atoms in total. The highest BCUT2D eigenvalue weighted by Crippen LogP contribution is 2.47. The molecule has 1 aliphatic rings. The number of nitrogens with zero attached hydrogens (tertiary/aromatic N) is 2. The number of sulfonamides is 1. The molecule has 3 N–H and O–H groups in total. The van der Waals surface area contributed by atoms with E-state index < -0.39 is 27.8 Å². The van der Waals surface area contributed by atoms with Gasteiger partial charge in [0.2, 0.25) is 5.91 Å². The van der Waals surface area contributed by atoms with Crippen molar-refractivity contribution in [1.29, 1.82) is 5.26 Å². The number of nitriles is 1. The number of ketones is 1. The number of Topliss-reactive ketones (excluding diaryl/α,β-unsaturated/α-hetero) is 1. The largest absolute Gasteiger partial charge is 0.497 e. The van der Waals surface area contributed by atoms with Crippen molar-refractivity contribution in [2.75, 3.05) is 19.5 Å². The number of hydrogen-bond acceptors (Lipinski definition) is 8. The van der Waals surface area contributed by atoms with Crippen molar-refractivity contribution in [2.24, 2.45) is 5.73 Å². The van der Waals surface area contributed by atoms with Crippen LogP contribution in [0.2, 0.25) is 0 Å². The molecule has 1 aliphatic heterocycles. The summed E-state index contributed by atoms with van der Waals surface area (Å²) in [4.78, 5) is 25.2. The number of anilines is 1. The normalized spacial score (nSPS) is 16.9. The lowest BCUT2D eigenvalue weighted by atomic mass is 9.83. The molecule has 1 amide bonds. The highest BCUT2D eigenvalue weighted by molar-refractivity contribution is 7.89. The van der Waals surface area contributed by atoms with Crippen LogP contribution in [0, 0.1) is 11.3 Å². The first kappa shape index (κ1) is 27.2. The molecule has 200 valence electrons. The summed E-state index contributed by atoms with van der Waals surface area (Å²) >= 11 is 0. The van der Waals surface area contributed by atoms with Crippen molar-refractivity contribution in [3.8, 4) is 17.6 Å². The Morgan fingerprint density at radius 1 is 1.00 bits per heavy atom. The van der Waals surface area contributed by atoms with E-state index in [1.807, 2.05) is 6.07 Å². The Labute approximate surface area is 226 Å². The van der Waals surface area contributed by atoms with E-state index >= 15 is 0 Å². The summed E-state index contributed by atoms with van der Waals surface area (Å²) in [6.07, 6.45) is 0. The van der Waals surface area contributed by atoms with Gasteiger partial charge in [-0.3, -0.25) is 9.59 Å². The average molecular weight is 547 g/mol. The minimum atomic E-state index is -4.46.